The number of benzene rings is 2. The van der Waals surface area contributed by atoms with Gasteiger partial charge in [-0.25, -0.2) is 5.43 Å². The van der Waals surface area contributed by atoms with E-state index in [-0.39, 0.29) is 24.2 Å². The molecule has 1 amide bonds. The van der Waals surface area contributed by atoms with Crippen molar-refractivity contribution < 1.29 is 24.5 Å². The van der Waals surface area contributed by atoms with Crippen molar-refractivity contribution in [2.24, 2.45) is 11.0 Å². The molecule has 1 aliphatic heterocycles. The minimum Gasteiger partial charge on any atom is -0.504 e. The van der Waals surface area contributed by atoms with Gasteiger partial charge in [0, 0.05) is 12.5 Å². The van der Waals surface area contributed by atoms with Crippen LogP contribution in [0.1, 0.15) is 24.0 Å². The molecule has 0 spiro atoms. The molecule has 3 N–H and O–H groups in total. The highest BCUT2D eigenvalue weighted by atomic mass is 16.5. The summed E-state index contributed by atoms with van der Waals surface area (Å²) >= 11 is 0. The number of carbonyl (C=O) groups is 1. The lowest BCUT2D eigenvalue weighted by Gasteiger charge is -2.32. The van der Waals surface area contributed by atoms with Crippen LogP contribution in [-0.4, -0.2) is 66.7 Å². The summed E-state index contributed by atoms with van der Waals surface area (Å²) in [5, 5.41) is 23.9. The maximum Gasteiger partial charge on any atom is 0.243 e. The highest BCUT2D eigenvalue weighted by Crippen LogP contribution is 2.25. The van der Waals surface area contributed by atoms with Gasteiger partial charge in [-0.2, -0.15) is 5.10 Å². The third-order valence-electron chi connectivity index (χ3n) is 5.44. The number of piperidine rings is 1. The number of rotatable bonds is 10. The smallest absolute Gasteiger partial charge is 0.243 e. The molecule has 32 heavy (non-hydrogen) atoms. The fourth-order valence-corrected chi connectivity index (χ4v) is 3.65. The number of nitrogens with one attached hydrogen (secondary N) is 1. The summed E-state index contributed by atoms with van der Waals surface area (Å²) in [6.07, 6.45) is 2.38. The summed E-state index contributed by atoms with van der Waals surface area (Å²) in [7, 11) is 1.47. The first-order chi connectivity index (χ1) is 15.5. The molecular formula is C24H31N3O5. The number of hydrogen-bond donors (Lipinski definition) is 3. The zero-order valence-corrected chi connectivity index (χ0v) is 18.3. The van der Waals surface area contributed by atoms with Crippen LogP contribution in [0.4, 0.5) is 0 Å². The molecule has 172 valence electrons. The van der Waals surface area contributed by atoms with Crippen LogP contribution in [0, 0.1) is 5.92 Å². The molecular weight excluding hydrogens is 410 g/mol. The van der Waals surface area contributed by atoms with Gasteiger partial charge in [0.05, 0.1) is 32.6 Å². The van der Waals surface area contributed by atoms with Crippen molar-refractivity contribution in [3.63, 3.8) is 0 Å². The molecule has 0 saturated carbocycles. The Balaban J connectivity index is 1.34. The van der Waals surface area contributed by atoms with Gasteiger partial charge in [-0.05, 0) is 55.3 Å². The molecule has 2 aromatic rings. The average Bonchev–Trinajstić information content (AvgIpc) is 2.81. The van der Waals surface area contributed by atoms with Crippen molar-refractivity contribution in [2.75, 3.05) is 33.4 Å². The molecule has 3 rings (SSSR count). The second-order valence-electron chi connectivity index (χ2n) is 7.89. The number of ether oxygens (including phenoxy) is 2. The number of hydrogen-bond acceptors (Lipinski definition) is 7. The van der Waals surface area contributed by atoms with E-state index in [2.05, 4.69) is 15.4 Å². The summed E-state index contributed by atoms with van der Waals surface area (Å²) in [4.78, 5) is 14.6. The standard InChI is InChI=1S/C24H31N3O5/c1-31-23-13-19(7-8-22(23)29)14-25-26-24(30)20-9-11-27(12-10-20)15-21(28)17-32-16-18-5-3-2-4-6-18/h2-8,13-14,20-21,28-29H,9-12,15-17H2,1H3,(H,26,30)/b25-14-/t21-/m0/s1. The monoisotopic (exact) mass is 441 g/mol. The number of amides is 1. The second-order valence-corrected chi connectivity index (χ2v) is 7.89. The lowest BCUT2D eigenvalue weighted by Crippen LogP contribution is -2.43. The lowest BCUT2D eigenvalue weighted by atomic mass is 9.96. The molecule has 1 saturated heterocycles. The Morgan fingerprint density at radius 2 is 2.00 bits per heavy atom. The zero-order chi connectivity index (χ0) is 22.8. The molecule has 2 aromatic carbocycles. The average molecular weight is 442 g/mol. The summed E-state index contributed by atoms with van der Waals surface area (Å²) < 4.78 is 10.7. The van der Waals surface area contributed by atoms with Crippen LogP contribution in [0.15, 0.2) is 53.6 Å². The minimum atomic E-state index is -0.559. The molecule has 0 bridgehead atoms. The van der Waals surface area contributed by atoms with E-state index in [1.807, 2.05) is 30.3 Å². The topological polar surface area (TPSA) is 104 Å². The Hall–Kier alpha value is -2.94. The molecule has 1 heterocycles. The quantitative estimate of drug-likeness (QED) is 0.386. The first-order valence-electron chi connectivity index (χ1n) is 10.8. The maximum atomic E-state index is 12.4. The predicted molar refractivity (Wildman–Crippen MR) is 122 cm³/mol. The molecule has 0 aromatic heterocycles. The number of aromatic hydroxyl groups is 1. The van der Waals surface area contributed by atoms with Crippen molar-refractivity contribution in [1.29, 1.82) is 0 Å². The molecule has 1 atom stereocenters. The van der Waals surface area contributed by atoms with Gasteiger partial charge in [0.15, 0.2) is 11.5 Å². The Bertz CT molecular complexity index is 882. The molecule has 0 radical (unpaired) electrons. The largest absolute Gasteiger partial charge is 0.504 e. The number of likely N-dealkylation sites (tertiary alicyclic amines) is 1. The SMILES string of the molecule is COc1cc(/C=N\NC(=O)C2CCN(C[C@H](O)COCc3ccccc3)CC2)ccc1O. The van der Waals surface area contributed by atoms with Crippen LogP contribution in [0.2, 0.25) is 0 Å². The Kier molecular flexibility index (Phi) is 9.03. The van der Waals surface area contributed by atoms with Crippen molar-refractivity contribution >= 4 is 12.1 Å². The van der Waals surface area contributed by atoms with Crippen LogP contribution < -0.4 is 10.2 Å². The van der Waals surface area contributed by atoms with Gasteiger partial charge in [0.2, 0.25) is 5.91 Å². The normalized spacial score (nSPS) is 16.2. The van der Waals surface area contributed by atoms with Crippen LogP contribution >= 0.6 is 0 Å². The predicted octanol–water partition coefficient (Wildman–Crippen LogP) is 2.14. The van der Waals surface area contributed by atoms with Gasteiger partial charge in [0.25, 0.3) is 0 Å². The zero-order valence-electron chi connectivity index (χ0n) is 18.3. The van der Waals surface area contributed by atoms with Crippen LogP contribution in [0.5, 0.6) is 11.5 Å². The van der Waals surface area contributed by atoms with Gasteiger partial charge >= 0.3 is 0 Å². The number of nitrogens with zero attached hydrogens (tertiary/aromatic N) is 2. The first-order valence-corrected chi connectivity index (χ1v) is 10.8. The molecule has 1 fully saturated rings. The van der Waals surface area contributed by atoms with Gasteiger partial charge in [-0.15, -0.1) is 0 Å². The Morgan fingerprint density at radius 1 is 1.25 bits per heavy atom. The van der Waals surface area contributed by atoms with E-state index in [1.165, 1.54) is 19.4 Å². The molecule has 0 aliphatic carbocycles. The number of phenolic OH excluding ortho intramolecular Hbond substituents is 1. The molecule has 0 unspecified atom stereocenters. The highest BCUT2D eigenvalue weighted by Gasteiger charge is 2.25. The van der Waals surface area contributed by atoms with Gasteiger partial charge in [-0.1, -0.05) is 30.3 Å². The van der Waals surface area contributed by atoms with E-state index in [1.54, 1.807) is 12.1 Å². The summed E-state index contributed by atoms with van der Waals surface area (Å²) in [6, 6.07) is 14.7. The highest BCUT2D eigenvalue weighted by molar-refractivity contribution is 5.84. The van der Waals surface area contributed by atoms with Gasteiger partial charge in [-0.3, -0.25) is 4.79 Å². The summed E-state index contributed by atoms with van der Waals surface area (Å²) in [6.45, 7) is 2.78. The van der Waals surface area contributed by atoms with Crippen molar-refractivity contribution in [3.05, 3.63) is 59.7 Å². The number of methoxy groups -OCH3 is 1. The van der Waals surface area contributed by atoms with E-state index >= 15 is 0 Å². The number of aliphatic hydroxyl groups excluding tert-OH is 1. The van der Waals surface area contributed by atoms with Crippen molar-refractivity contribution in [3.8, 4) is 11.5 Å². The molecule has 1 aliphatic rings. The summed E-state index contributed by atoms with van der Waals surface area (Å²) in [5.41, 5.74) is 4.38. The van der Waals surface area contributed by atoms with E-state index in [0.29, 0.717) is 37.3 Å². The third-order valence-corrected chi connectivity index (χ3v) is 5.44. The molecule has 8 nitrogen and oxygen atoms in total. The molecule has 8 heteroatoms. The second kappa shape index (κ2) is 12.2. The Labute approximate surface area is 188 Å². The van der Waals surface area contributed by atoms with E-state index in [4.69, 9.17) is 9.47 Å². The Morgan fingerprint density at radius 3 is 2.72 bits per heavy atom. The van der Waals surface area contributed by atoms with Gasteiger partial charge in [0.1, 0.15) is 0 Å². The van der Waals surface area contributed by atoms with Crippen LogP contribution in [0.3, 0.4) is 0 Å². The maximum absolute atomic E-state index is 12.4. The number of hydrazone groups is 1. The van der Waals surface area contributed by atoms with E-state index in [9.17, 15) is 15.0 Å². The number of phenols is 1. The summed E-state index contributed by atoms with van der Waals surface area (Å²) in [5.74, 6) is 0.177. The first kappa shape index (κ1) is 23.7. The number of aliphatic hydroxyl groups is 1. The third kappa shape index (κ3) is 7.33. The number of carbonyl (C=O) groups excluding carboxylic acids is 1. The van der Waals surface area contributed by atoms with Crippen molar-refractivity contribution in [2.45, 2.75) is 25.6 Å². The minimum absolute atomic E-state index is 0.0494. The fourth-order valence-electron chi connectivity index (χ4n) is 3.65. The lowest BCUT2D eigenvalue weighted by molar-refractivity contribution is -0.126. The van der Waals surface area contributed by atoms with Crippen LogP contribution in [-0.2, 0) is 16.1 Å². The van der Waals surface area contributed by atoms with Crippen molar-refractivity contribution in [1.82, 2.24) is 10.3 Å². The van der Waals surface area contributed by atoms with E-state index < -0.39 is 6.10 Å². The van der Waals surface area contributed by atoms with E-state index in [0.717, 1.165) is 18.7 Å². The number of β-amino-alcohol motifs (C(OH)–C–C–N with tert-alkyl or cyclic N) is 1. The van der Waals surface area contributed by atoms with Crippen LogP contribution in [0.25, 0.3) is 0 Å². The fraction of sp³-hybridized carbons (Fsp3) is 0.417. The van der Waals surface area contributed by atoms with Gasteiger partial charge < -0.3 is 24.6 Å².